The number of carbonyl (C=O) groups excluding carboxylic acids is 1. The molecular weight excluding hydrogens is 104 g/mol. The van der Waals surface area contributed by atoms with Crippen molar-refractivity contribution in [3.8, 4) is 0 Å². The zero-order chi connectivity index (χ0) is 6.41. The molecule has 0 atom stereocenters. The van der Waals surface area contributed by atoms with Gasteiger partial charge >= 0.3 is 5.97 Å². The third-order valence-electron chi connectivity index (χ3n) is 0.585. The van der Waals surface area contributed by atoms with Crippen molar-refractivity contribution in [2.75, 3.05) is 6.61 Å². The molecule has 0 bridgehead atoms. The van der Waals surface area contributed by atoms with Crippen LogP contribution in [0, 0.1) is 6.58 Å². The molecule has 0 heterocycles. The van der Waals surface area contributed by atoms with E-state index in [2.05, 4.69) is 4.74 Å². The zero-order valence-electron chi connectivity index (χ0n) is 4.89. The van der Waals surface area contributed by atoms with Crippen LogP contribution in [0.3, 0.4) is 0 Å². The van der Waals surface area contributed by atoms with Crippen LogP contribution in [0.25, 0.3) is 0 Å². The molecular formula is C6H9O2. The van der Waals surface area contributed by atoms with Crippen LogP contribution >= 0.6 is 0 Å². The van der Waals surface area contributed by atoms with Crippen LogP contribution in [0.15, 0.2) is 6.08 Å². The van der Waals surface area contributed by atoms with Gasteiger partial charge in [-0.25, -0.2) is 4.79 Å². The van der Waals surface area contributed by atoms with Gasteiger partial charge in [0.2, 0.25) is 0 Å². The van der Waals surface area contributed by atoms with Crippen molar-refractivity contribution in [2.24, 2.45) is 0 Å². The quantitative estimate of drug-likeness (QED) is 0.402. The van der Waals surface area contributed by atoms with E-state index >= 15 is 0 Å². The highest BCUT2D eigenvalue weighted by atomic mass is 16.5. The van der Waals surface area contributed by atoms with Gasteiger partial charge in [0.15, 0.2) is 0 Å². The fourth-order valence-electron chi connectivity index (χ4n) is 0.251. The Bertz CT molecular complexity index is 86.5. The summed E-state index contributed by atoms with van der Waals surface area (Å²) in [5, 5.41) is 0. The first kappa shape index (κ1) is 7.21. The standard InChI is InChI=1S/C6H9O2/c1-3-5-8-6(7)4-2/h2,4H,3,5H2,1H3. The molecule has 0 saturated carbocycles. The Morgan fingerprint density at radius 1 is 1.88 bits per heavy atom. The lowest BCUT2D eigenvalue weighted by atomic mass is 10.5. The van der Waals surface area contributed by atoms with Crippen molar-refractivity contribution < 1.29 is 9.53 Å². The largest absolute Gasteiger partial charge is 0.463 e. The van der Waals surface area contributed by atoms with Crippen molar-refractivity contribution in [3.63, 3.8) is 0 Å². The summed E-state index contributed by atoms with van der Waals surface area (Å²) < 4.78 is 4.52. The van der Waals surface area contributed by atoms with E-state index in [1.54, 1.807) is 0 Å². The Balaban J connectivity index is 3.11. The van der Waals surface area contributed by atoms with E-state index in [4.69, 9.17) is 6.58 Å². The van der Waals surface area contributed by atoms with E-state index in [0.717, 1.165) is 12.5 Å². The Kier molecular flexibility index (Phi) is 3.94. The van der Waals surface area contributed by atoms with Crippen molar-refractivity contribution in [1.82, 2.24) is 0 Å². The van der Waals surface area contributed by atoms with Gasteiger partial charge in [-0.1, -0.05) is 13.5 Å². The highest BCUT2D eigenvalue weighted by Gasteiger charge is 1.89. The minimum atomic E-state index is -0.452. The van der Waals surface area contributed by atoms with Crippen molar-refractivity contribution in [1.29, 1.82) is 0 Å². The second-order valence-corrected chi connectivity index (χ2v) is 1.33. The average Bonchev–Trinajstić information content (AvgIpc) is 1.83. The van der Waals surface area contributed by atoms with Gasteiger partial charge in [-0.3, -0.25) is 0 Å². The van der Waals surface area contributed by atoms with Crippen LogP contribution in [-0.2, 0) is 9.53 Å². The van der Waals surface area contributed by atoms with Gasteiger partial charge in [-0.05, 0) is 6.42 Å². The van der Waals surface area contributed by atoms with E-state index in [1.165, 1.54) is 0 Å². The van der Waals surface area contributed by atoms with Crippen molar-refractivity contribution in [2.45, 2.75) is 13.3 Å². The molecule has 1 radical (unpaired) electrons. The normalized spacial score (nSPS) is 8.12. The molecule has 2 nitrogen and oxygen atoms in total. The van der Waals surface area contributed by atoms with Crippen LogP contribution < -0.4 is 0 Å². The van der Waals surface area contributed by atoms with Crippen LogP contribution in [0.2, 0.25) is 0 Å². The van der Waals surface area contributed by atoms with Crippen LogP contribution in [-0.4, -0.2) is 12.6 Å². The van der Waals surface area contributed by atoms with Crippen molar-refractivity contribution in [3.05, 3.63) is 12.7 Å². The first-order chi connectivity index (χ1) is 3.81. The van der Waals surface area contributed by atoms with Gasteiger partial charge < -0.3 is 4.74 Å². The SMILES string of the molecule is [CH]=CC(=O)OCCC. The molecule has 0 fully saturated rings. The van der Waals surface area contributed by atoms with Gasteiger partial charge in [0.1, 0.15) is 0 Å². The molecule has 0 saturated heterocycles. The van der Waals surface area contributed by atoms with Gasteiger partial charge in [-0.2, -0.15) is 0 Å². The number of rotatable bonds is 3. The van der Waals surface area contributed by atoms with E-state index < -0.39 is 5.97 Å². The molecule has 45 valence electrons. The summed E-state index contributed by atoms with van der Waals surface area (Å²) >= 11 is 0. The van der Waals surface area contributed by atoms with E-state index in [9.17, 15) is 4.79 Å². The summed E-state index contributed by atoms with van der Waals surface area (Å²) in [6, 6.07) is 0. The summed E-state index contributed by atoms with van der Waals surface area (Å²) in [6.07, 6.45) is 1.75. The molecule has 0 unspecified atom stereocenters. The van der Waals surface area contributed by atoms with Crippen LogP contribution in [0.4, 0.5) is 0 Å². The summed E-state index contributed by atoms with van der Waals surface area (Å²) in [6.45, 7) is 7.18. The molecule has 0 amide bonds. The number of hydrogen-bond donors (Lipinski definition) is 0. The Hall–Kier alpha value is -0.790. The molecule has 2 heteroatoms. The molecule has 0 aliphatic carbocycles. The minimum absolute atomic E-state index is 0.451. The smallest absolute Gasteiger partial charge is 0.330 e. The molecule has 0 aromatic heterocycles. The van der Waals surface area contributed by atoms with Crippen molar-refractivity contribution >= 4 is 5.97 Å². The monoisotopic (exact) mass is 113 g/mol. The molecule has 0 aliphatic heterocycles. The molecule has 0 aromatic carbocycles. The van der Waals surface area contributed by atoms with Crippen LogP contribution in [0.1, 0.15) is 13.3 Å². The number of ether oxygens (including phenoxy) is 1. The maximum absolute atomic E-state index is 10.2. The zero-order valence-corrected chi connectivity index (χ0v) is 4.89. The molecule has 0 rings (SSSR count). The predicted molar refractivity (Wildman–Crippen MR) is 30.1 cm³/mol. The molecule has 0 aliphatic rings. The fraction of sp³-hybridized carbons (Fsp3) is 0.500. The highest BCUT2D eigenvalue weighted by molar-refractivity contribution is 5.80. The predicted octanol–water partition coefficient (Wildman–Crippen LogP) is 0.929. The first-order valence-corrected chi connectivity index (χ1v) is 2.53. The number of hydrogen-bond acceptors (Lipinski definition) is 2. The van der Waals surface area contributed by atoms with E-state index in [0.29, 0.717) is 6.61 Å². The third kappa shape index (κ3) is 3.40. The molecule has 0 aromatic rings. The maximum atomic E-state index is 10.2. The number of esters is 1. The van der Waals surface area contributed by atoms with E-state index in [-0.39, 0.29) is 0 Å². The average molecular weight is 113 g/mol. The minimum Gasteiger partial charge on any atom is -0.463 e. The van der Waals surface area contributed by atoms with Gasteiger partial charge in [0.05, 0.1) is 6.61 Å². The summed E-state index contributed by atoms with van der Waals surface area (Å²) in [5.41, 5.74) is 0. The number of carbonyl (C=O) groups is 1. The second kappa shape index (κ2) is 4.37. The van der Waals surface area contributed by atoms with Gasteiger partial charge in [-0.15, -0.1) is 0 Å². The maximum Gasteiger partial charge on any atom is 0.330 e. The summed E-state index contributed by atoms with van der Waals surface area (Å²) in [4.78, 5) is 10.2. The second-order valence-electron chi connectivity index (χ2n) is 1.33. The Morgan fingerprint density at radius 2 is 2.50 bits per heavy atom. The third-order valence-corrected chi connectivity index (χ3v) is 0.585. The van der Waals surface area contributed by atoms with E-state index in [1.807, 2.05) is 6.92 Å². The highest BCUT2D eigenvalue weighted by Crippen LogP contribution is 1.80. The molecule has 0 N–H and O–H groups in total. The lowest BCUT2D eigenvalue weighted by Crippen LogP contribution is -1.99. The fourth-order valence-corrected chi connectivity index (χ4v) is 0.251. The van der Waals surface area contributed by atoms with Crippen LogP contribution in [0.5, 0.6) is 0 Å². The first-order valence-electron chi connectivity index (χ1n) is 2.53. The lowest BCUT2D eigenvalue weighted by molar-refractivity contribution is -0.137. The summed E-state index contributed by atoms with van der Waals surface area (Å²) in [5.74, 6) is -0.452. The summed E-state index contributed by atoms with van der Waals surface area (Å²) in [7, 11) is 0. The molecule has 0 spiro atoms. The molecule has 8 heavy (non-hydrogen) atoms. The topological polar surface area (TPSA) is 26.3 Å². The van der Waals surface area contributed by atoms with Gasteiger partial charge in [0.25, 0.3) is 0 Å². The lowest BCUT2D eigenvalue weighted by Gasteiger charge is -1.94. The Morgan fingerprint density at radius 3 is 2.88 bits per heavy atom. The Labute approximate surface area is 49.1 Å². The van der Waals surface area contributed by atoms with Gasteiger partial charge in [0, 0.05) is 6.08 Å².